The molecule has 0 aliphatic carbocycles. The Kier molecular flexibility index (Phi) is 8.37. The van der Waals surface area contributed by atoms with Gasteiger partial charge in [0, 0.05) is 28.6 Å². The molecule has 0 fully saturated rings. The van der Waals surface area contributed by atoms with Crippen LogP contribution in [0.5, 0.6) is 0 Å². The molecule has 4 nitrogen and oxygen atoms in total. The number of rotatable bonds is 7. The molecule has 1 atom stereocenters. The van der Waals surface area contributed by atoms with Crippen LogP contribution in [0.3, 0.4) is 0 Å². The lowest BCUT2D eigenvalue weighted by atomic mass is 10.1. The maximum atomic E-state index is 11.8. The standard InChI is InChI=1S/C17H26BrClN2O2/c1-5-6-14(11-21-16(22)23-17(2,3)4)20-10-12-9-13(18)7-8-15(12)19/h7-9,14,20H,5-6,10-11H2,1-4H3,(H,21,22). The van der Waals surface area contributed by atoms with Gasteiger partial charge in [-0.3, -0.25) is 0 Å². The summed E-state index contributed by atoms with van der Waals surface area (Å²) in [5, 5.41) is 7.00. The molecular weight excluding hydrogens is 380 g/mol. The smallest absolute Gasteiger partial charge is 0.407 e. The molecule has 0 aromatic heterocycles. The molecular formula is C17H26BrClN2O2. The molecule has 23 heavy (non-hydrogen) atoms. The van der Waals surface area contributed by atoms with Gasteiger partial charge >= 0.3 is 6.09 Å². The van der Waals surface area contributed by atoms with E-state index in [1.165, 1.54) is 0 Å². The maximum Gasteiger partial charge on any atom is 0.407 e. The molecule has 1 amide bonds. The van der Waals surface area contributed by atoms with Gasteiger partial charge in [-0.2, -0.15) is 0 Å². The highest BCUT2D eigenvalue weighted by Crippen LogP contribution is 2.21. The summed E-state index contributed by atoms with van der Waals surface area (Å²) >= 11 is 9.66. The van der Waals surface area contributed by atoms with Gasteiger partial charge in [-0.05, 0) is 51.0 Å². The summed E-state index contributed by atoms with van der Waals surface area (Å²) in [6, 6.07) is 5.96. The van der Waals surface area contributed by atoms with E-state index >= 15 is 0 Å². The summed E-state index contributed by atoms with van der Waals surface area (Å²) in [4.78, 5) is 11.8. The molecule has 1 rings (SSSR count). The van der Waals surface area contributed by atoms with Crippen LogP contribution in [0.1, 0.15) is 46.1 Å². The predicted octanol–water partition coefficient (Wildman–Crippen LogP) is 4.89. The molecule has 0 saturated carbocycles. The summed E-state index contributed by atoms with van der Waals surface area (Å²) in [7, 11) is 0. The van der Waals surface area contributed by atoms with Crippen LogP contribution < -0.4 is 10.6 Å². The van der Waals surface area contributed by atoms with Gasteiger partial charge in [0.1, 0.15) is 5.60 Å². The number of nitrogens with one attached hydrogen (secondary N) is 2. The van der Waals surface area contributed by atoms with Gasteiger partial charge < -0.3 is 15.4 Å². The Labute approximate surface area is 152 Å². The number of carbonyl (C=O) groups is 1. The van der Waals surface area contributed by atoms with Crippen LogP contribution in [0.4, 0.5) is 4.79 Å². The van der Waals surface area contributed by atoms with E-state index in [9.17, 15) is 4.79 Å². The van der Waals surface area contributed by atoms with Crippen molar-refractivity contribution in [3.8, 4) is 0 Å². The van der Waals surface area contributed by atoms with Gasteiger partial charge in [0.2, 0.25) is 0 Å². The van der Waals surface area contributed by atoms with Gasteiger partial charge in [-0.1, -0.05) is 40.9 Å². The fourth-order valence-electron chi connectivity index (χ4n) is 2.08. The molecule has 0 radical (unpaired) electrons. The Morgan fingerprint density at radius 3 is 2.70 bits per heavy atom. The van der Waals surface area contributed by atoms with Gasteiger partial charge in [0.05, 0.1) is 0 Å². The zero-order valence-electron chi connectivity index (χ0n) is 14.2. The van der Waals surface area contributed by atoms with E-state index in [4.69, 9.17) is 16.3 Å². The Morgan fingerprint density at radius 1 is 1.39 bits per heavy atom. The first kappa shape index (κ1) is 20.3. The molecule has 0 aliphatic heterocycles. The monoisotopic (exact) mass is 404 g/mol. The number of benzene rings is 1. The van der Waals surface area contributed by atoms with E-state index < -0.39 is 5.60 Å². The summed E-state index contributed by atoms with van der Waals surface area (Å²) in [5.41, 5.74) is 0.543. The van der Waals surface area contributed by atoms with Crippen molar-refractivity contribution < 1.29 is 9.53 Å². The highest BCUT2D eigenvalue weighted by Gasteiger charge is 2.17. The Bertz CT molecular complexity index is 518. The average Bonchev–Trinajstić information content (AvgIpc) is 2.43. The van der Waals surface area contributed by atoms with Crippen LogP contribution in [0, 0.1) is 0 Å². The third kappa shape index (κ3) is 8.58. The number of hydrogen-bond donors (Lipinski definition) is 2. The van der Waals surface area contributed by atoms with Crippen LogP contribution in [0.15, 0.2) is 22.7 Å². The lowest BCUT2D eigenvalue weighted by molar-refractivity contribution is 0.0521. The zero-order valence-corrected chi connectivity index (χ0v) is 16.6. The first-order valence-electron chi connectivity index (χ1n) is 7.85. The number of amides is 1. The van der Waals surface area contributed by atoms with E-state index in [0.29, 0.717) is 13.1 Å². The van der Waals surface area contributed by atoms with Crippen LogP contribution in [0.2, 0.25) is 5.02 Å². The molecule has 1 aromatic carbocycles. The first-order valence-corrected chi connectivity index (χ1v) is 9.02. The van der Waals surface area contributed by atoms with Crippen LogP contribution in [-0.4, -0.2) is 24.3 Å². The molecule has 6 heteroatoms. The number of carbonyl (C=O) groups excluding carboxylic acids is 1. The SMILES string of the molecule is CCCC(CNC(=O)OC(C)(C)C)NCc1cc(Br)ccc1Cl. The van der Waals surface area contributed by atoms with Crippen LogP contribution in [-0.2, 0) is 11.3 Å². The van der Waals surface area contributed by atoms with Gasteiger partial charge in [0.15, 0.2) is 0 Å². The lowest BCUT2D eigenvalue weighted by Crippen LogP contribution is -2.42. The van der Waals surface area contributed by atoms with Crippen molar-refractivity contribution in [2.24, 2.45) is 0 Å². The number of ether oxygens (including phenoxy) is 1. The van der Waals surface area contributed by atoms with Gasteiger partial charge in [-0.25, -0.2) is 4.79 Å². The molecule has 1 unspecified atom stereocenters. The van der Waals surface area contributed by atoms with E-state index in [1.807, 2.05) is 39.0 Å². The van der Waals surface area contributed by atoms with Crippen LogP contribution in [0.25, 0.3) is 0 Å². The van der Waals surface area contributed by atoms with E-state index in [1.54, 1.807) is 0 Å². The molecule has 0 heterocycles. The topological polar surface area (TPSA) is 50.4 Å². The van der Waals surface area contributed by atoms with Crippen molar-refractivity contribution in [3.05, 3.63) is 33.3 Å². The fourth-order valence-corrected chi connectivity index (χ4v) is 2.67. The van der Waals surface area contributed by atoms with Crippen molar-refractivity contribution in [1.29, 1.82) is 0 Å². The Morgan fingerprint density at radius 2 is 2.09 bits per heavy atom. The molecule has 0 spiro atoms. The maximum absolute atomic E-state index is 11.8. The predicted molar refractivity (Wildman–Crippen MR) is 98.9 cm³/mol. The second kappa shape index (κ2) is 9.50. The lowest BCUT2D eigenvalue weighted by Gasteiger charge is -2.22. The molecule has 0 aliphatic rings. The van der Waals surface area contributed by atoms with Gasteiger partial charge in [-0.15, -0.1) is 0 Å². The Hall–Kier alpha value is -0.780. The van der Waals surface area contributed by atoms with Crippen molar-refractivity contribution in [1.82, 2.24) is 10.6 Å². The minimum Gasteiger partial charge on any atom is -0.444 e. The quantitative estimate of drug-likeness (QED) is 0.679. The minimum absolute atomic E-state index is 0.169. The van der Waals surface area contributed by atoms with Crippen molar-refractivity contribution in [3.63, 3.8) is 0 Å². The second-order valence-corrected chi connectivity index (χ2v) is 7.81. The van der Waals surface area contributed by atoms with E-state index in [2.05, 4.69) is 33.5 Å². The number of halogens is 2. The van der Waals surface area contributed by atoms with Crippen molar-refractivity contribution in [2.75, 3.05) is 6.54 Å². The first-order chi connectivity index (χ1) is 10.7. The number of hydrogen-bond acceptors (Lipinski definition) is 3. The highest BCUT2D eigenvalue weighted by molar-refractivity contribution is 9.10. The largest absolute Gasteiger partial charge is 0.444 e. The van der Waals surface area contributed by atoms with Crippen molar-refractivity contribution in [2.45, 2.75) is 58.7 Å². The average molecular weight is 406 g/mol. The Balaban J connectivity index is 2.51. The molecule has 130 valence electrons. The second-order valence-electron chi connectivity index (χ2n) is 6.49. The minimum atomic E-state index is -0.485. The zero-order chi connectivity index (χ0) is 17.5. The molecule has 0 saturated heterocycles. The third-order valence-corrected chi connectivity index (χ3v) is 3.98. The molecule has 0 bridgehead atoms. The fraction of sp³-hybridized carbons (Fsp3) is 0.588. The molecule has 2 N–H and O–H groups in total. The molecule has 1 aromatic rings. The summed E-state index contributed by atoms with van der Waals surface area (Å²) in [5.74, 6) is 0. The van der Waals surface area contributed by atoms with Crippen molar-refractivity contribution >= 4 is 33.6 Å². The highest BCUT2D eigenvalue weighted by atomic mass is 79.9. The van der Waals surface area contributed by atoms with E-state index in [-0.39, 0.29) is 12.1 Å². The third-order valence-electron chi connectivity index (χ3n) is 3.12. The van der Waals surface area contributed by atoms with Crippen LogP contribution >= 0.6 is 27.5 Å². The summed E-state index contributed by atoms with van der Waals surface area (Å²) < 4.78 is 6.26. The van der Waals surface area contributed by atoms with E-state index in [0.717, 1.165) is 27.9 Å². The normalized spacial score (nSPS) is 12.8. The number of alkyl carbamates (subject to hydrolysis) is 1. The van der Waals surface area contributed by atoms with Gasteiger partial charge in [0.25, 0.3) is 0 Å². The summed E-state index contributed by atoms with van der Waals surface area (Å²) in [6.45, 7) is 8.85. The summed E-state index contributed by atoms with van der Waals surface area (Å²) in [6.07, 6.45) is 1.60.